The smallest absolute Gasteiger partial charge is 0.221 e. The van der Waals surface area contributed by atoms with Gasteiger partial charge in [-0.3, -0.25) is 9.59 Å². The van der Waals surface area contributed by atoms with Gasteiger partial charge in [-0.15, -0.1) is 0 Å². The van der Waals surface area contributed by atoms with E-state index in [4.69, 9.17) is 0 Å². The fraction of sp³-hybridized carbons (Fsp3) is 0.176. The molecule has 0 aliphatic carbocycles. The maximum atomic E-state index is 12.1. The summed E-state index contributed by atoms with van der Waals surface area (Å²) >= 11 is 0. The van der Waals surface area contributed by atoms with Crippen LogP contribution in [0.25, 0.3) is 0 Å². The minimum absolute atomic E-state index is 0.114. The number of hydrogen-bond acceptors (Lipinski definition) is 2. The van der Waals surface area contributed by atoms with Crippen molar-refractivity contribution >= 4 is 17.4 Å². The van der Waals surface area contributed by atoms with Crippen LogP contribution < -0.4 is 5.32 Å². The van der Waals surface area contributed by atoms with Gasteiger partial charge in [-0.25, -0.2) is 0 Å². The summed E-state index contributed by atoms with van der Waals surface area (Å²) in [6.45, 7) is 1.46. The molecular weight excluding hydrogens is 250 g/mol. The average molecular weight is 267 g/mol. The van der Waals surface area contributed by atoms with Crippen LogP contribution in [0.4, 0.5) is 5.69 Å². The number of hydrogen-bond donors (Lipinski definition) is 1. The summed E-state index contributed by atoms with van der Waals surface area (Å²) in [4.78, 5) is 23.0. The number of aryl methyl sites for hydroxylation is 1. The quantitative estimate of drug-likeness (QED) is 0.843. The lowest BCUT2D eigenvalue weighted by Crippen LogP contribution is -2.06. The molecule has 0 spiro atoms. The topological polar surface area (TPSA) is 46.2 Å². The Morgan fingerprint density at radius 1 is 0.950 bits per heavy atom. The number of anilines is 1. The molecule has 2 aromatic rings. The Kier molecular flexibility index (Phi) is 4.66. The Morgan fingerprint density at radius 2 is 1.60 bits per heavy atom. The highest BCUT2D eigenvalue weighted by Gasteiger charge is 2.06. The molecule has 0 radical (unpaired) electrons. The first-order valence-electron chi connectivity index (χ1n) is 6.60. The van der Waals surface area contributed by atoms with Gasteiger partial charge in [-0.2, -0.15) is 0 Å². The van der Waals surface area contributed by atoms with Gasteiger partial charge in [-0.05, 0) is 36.2 Å². The van der Waals surface area contributed by atoms with Crippen molar-refractivity contribution in [3.8, 4) is 0 Å². The Balaban J connectivity index is 1.94. The maximum absolute atomic E-state index is 12.1. The minimum Gasteiger partial charge on any atom is -0.326 e. The number of amides is 1. The van der Waals surface area contributed by atoms with E-state index in [0.29, 0.717) is 17.7 Å². The Hall–Kier alpha value is -2.42. The van der Waals surface area contributed by atoms with Crippen molar-refractivity contribution in [2.75, 3.05) is 5.32 Å². The third-order valence-corrected chi connectivity index (χ3v) is 3.01. The van der Waals surface area contributed by atoms with Gasteiger partial charge >= 0.3 is 0 Å². The van der Waals surface area contributed by atoms with E-state index >= 15 is 0 Å². The predicted molar refractivity (Wildman–Crippen MR) is 79.8 cm³/mol. The van der Waals surface area contributed by atoms with Crippen LogP contribution in [0.2, 0.25) is 0 Å². The largest absolute Gasteiger partial charge is 0.326 e. The van der Waals surface area contributed by atoms with Crippen molar-refractivity contribution in [3.63, 3.8) is 0 Å². The summed E-state index contributed by atoms with van der Waals surface area (Å²) in [5, 5.41) is 2.68. The normalized spacial score (nSPS) is 10.1. The van der Waals surface area contributed by atoms with E-state index in [1.54, 1.807) is 24.3 Å². The zero-order chi connectivity index (χ0) is 14.4. The molecule has 0 saturated carbocycles. The first kappa shape index (κ1) is 14.0. The van der Waals surface area contributed by atoms with Gasteiger partial charge in [0.25, 0.3) is 0 Å². The number of Topliss-reactive ketones (excluding diaryl/α,β-unsaturated/α-hetero) is 1. The third kappa shape index (κ3) is 4.05. The molecule has 0 bridgehead atoms. The van der Waals surface area contributed by atoms with Crippen LogP contribution in [0.15, 0.2) is 54.6 Å². The molecular formula is C17H17NO2. The number of benzene rings is 2. The van der Waals surface area contributed by atoms with E-state index in [0.717, 1.165) is 12.0 Å². The molecule has 3 nitrogen and oxygen atoms in total. The maximum Gasteiger partial charge on any atom is 0.221 e. The van der Waals surface area contributed by atoms with Crippen molar-refractivity contribution in [1.29, 1.82) is 0 Å². The lowest BCUT2D eigenvalue weighted by Gasteiger charge is -2.04. The molecule has 0 aromatic heterocycles. The van der Waals surface area contributed by atoms with E-state index in [9.17, 15) is 9.59 Å². The lowest BCUT2D eigenvalue weighted by atomic mass is 10.0. The molecule has 0 atom stereocenters. The van der Waals surface area contributed by atoms with E-state index in [1.807, 2.05) is 30.3 Å². The van der Waals surface area contributed by atoms with Crippen molar-refractivity contribution in [2.45, 2.75) is 19.8 Å². The molecule has 20 heavy (non-hydrogen) atoms. The van der Waals surface area contributed by atoms with Crippen molar-refractivity contribution in [2.24, 2.45) is 0 Å². The number of carbonyl (C=O) groups is 2. The van der Waals surface area contributed by atoms with Gasteiger partial charge in [0.15, 0.2) is 5.78 Å². The highest BCUT2D eigenvalue weighted by atomic mass is 16.1. The molecule has 0 fully saturated rings. The third-order valence-electron chi connectivity index (χ3n) is 3.01. The zero-order valence-corrected chi connectivity index (χ0v) is 11.4. The number of ketones is 1. The van der Waals surface area contributed by atoms with Gasteiger partial charge in [0.05, 0.1) is 0 Å². The Labute approximate surface area is 118 Å². The summed E-state index contributed by atoms with van der Waals surface area (Å²) in [6, 6.07) is 16.9. The Bertz CT molecular complexity index is 588. The predicted octanol–water partition coefficient (Wildman–Crippen LogP) is 3.46. The first-order valence-corrected chi connectivity index (χ1v) is 6.60. The highest BCUT2D eigenvalue weighted by molar-refractivity contribution is 5.97. The molecule has 0 unspecified atom stereocenters. The van der Waals surface area contributed by atoms with E-state index in [2.05, 4.69) is 5.32 Å². The van der Waals surface area contributed by atoms with Crippen LogP contribution >= 0.6 is 0 Å². The second-order valence-corrected chi connectivity index (χ2v) is 4.67. The fourth-order valence-corrected chi connectivity index (χ4v) is 1.99. The monoisotopic (exact) mass is 267 g/mol. The molecule has 102 valence electrons. The first-order chi connectivity index (χ1) is 9.65. The Morgan fingerprint density at radius 3 is 2.20 bits per heavy atom. The average Bonchev–Trinajstić information content (AvgIpc) is 2.46. The number of nitrogens with one attached hydrogen (secondary N) is 1. The van der Waals surface area contributed by atoms with Gasteiger partial charge in [-0.1, -0.05) is 30.3 Å². The molecule has 1 N–H and O–H groups in total. The summed E-state index contributed by atoms with van der Waals surface area (Å²) in [7, 11) is 0. The van der Waals surface area contributed by atoms with Gasteiger partial charge in [0.2, 0.25) is 5.91 Å². The van der Waals surface area contributed by atoms with E-state index < -0.39 is 0 Å². The zero-order valence-electron chi connectivity index (χ0n) is 11.4. The molecule has 0 heterocycles. The van der Waals surface area contributed by atoms with Crippen LogP contribution in [0.1, 0.15) is 29.3 Å². The van der Waals surface area contributed by atoms with E-state index in [-0.39, 0.29) is 11.7 Å². The molecule has 0 aliphatic rings. The van der Waals surface area contributed by atoms with Crippen LogP contribution in [0.5, 0.6) is 0 Å². The van der Waals surface area contributed by atoms with Crippen molar-refractivity contribution < 1.29 is 9.59 Å². The van der Waals surface area contributed by atoms with Gasteiger partial charge in [0.1, 0.15) is 0 Å². The fourth-order valence-electron chi connectivity index (χ4n) is 1.99. The van der Waals surface area contributed by atoms with Crippen LogP contribution in [0, 0.1) is 0 Å². The SMILES string of the molecule is CC(=O)Nc1ccc(C(=O)CCc2ccccc2)cc1. The standard InChI is InChI=1S/C17H17NO2/c1-13(19)18-16-10-8-15(9-11-16)17(20)12-7-14-5-3-2-4-6-14/h2-6,8-11H,7,12H2,1H3,(H,18,19). The molecule has 0 saturated heterocycles. The summed E-state index contributed by atoms with van der Waals surface area (Å²) in [6.07, 6.45) is 1.23. The number of rotatable bonds is 5. The summed E-state index contributed by atoms with van der Waals surface area (Å²) < 4.78 is 0. The van der Waals surface area contributed by atoms with Crippen LogP contribution in [-0.4, -0.2) is 11.7 Å². The molecule has 2 aromatic carbocycles. The molecule has 0 aliphatic heterocycles. The van der Waals surface area contributed by atoms with Gasteiger partial charge < -0.3 is 5.32 Å². The molecule has 3 heteroatoms. The second-order valence-electron chi connectivity index (χ2n) is 4.67. The highest BCUT2D eigenvalue weighted by Crippen LogP contribution is 2.12. The lowest BCUT2D eigenvalue weighted by molar-refractivity contribution is -0.114. The second kappa shape index (κ2) is 6.66. The van der Waals surface area contributed by atoms with Crippen molar-refractivity contribution in [1.82, 2.24) is 0 Å². The number of carbonyl (C=O) groups excluding carboxylic acids is 2. The molecule has 1 amide bonds. The van der Waals surface area contributed by atoms with Crippen molar-refractivity contribution in [3.05, 3.63) is 65.7 Å². The van der Waals surface area contributed by atoms with Crippen LogP contribution in [0.3, 0.4) is 0 Å². The summed E-state index contributed by atoms with van der Waals surface area (Å²) in [5.41, 5.74) is 2.54. The van der Waals surface area contributed by atoms with Gasteiger partial charge in [0, 0.05) is 24.6 Å². The van der Waals surface area contributed by atoms with Crippen LogP contribution in [-0.2, 0) is 11.2 Å². The minimum atomic E-state index is -0.117. The summed E-state index contributed by atoms with van der Waals surface area (Å²) in [5.74, 6) is -0.00335. The molecule has 2 rings (SSSR count). The van der Waals surface area contributed by atoms with E-state index in [1.165, 1.54) is 6.92 Å².